The van der Waals surface area contributed by atoms with Crippen LogP contribution in [0.5, 0.6) is 0 Å². The predicted molar refractivity (Wildman–Crippen MR) is 54.7 cm³/mol. The topological polar surface area (TPSA) is 61.7 Å². The van der Waals surface area contributed by atoms with Gasteiger partial charge in [-0.3, -0.25) is 4.79 Å². The van der Waals surface area contributed by atoms with Crippen LogP contribution in [-0.4, -0.2) is 16.8 Å². The van der Waals surface area contributed by atoms with E-state index in [4.69, 9.17) is 5.21 Å². The van der Waals surface area contributed by atoms with Crippen molar-refractivity contribution in [3.63, 3.8) is 0 Å². The van der Waals surface area contributed by atoms with Crippen molar-refractivity contribution in [3.05, 3.63) is 29.6 Å². The van der Waals surface area contributed by atoms with Gasteiger partial charge in [-0.2, -0.15) is 0 Å². The van der Waals surface area contributed by atoms with Crippen molar-refractivity contribution >= 4 is 17.3 Å². The molecule has 0 saturated carbocycles. The molecule has 0 atom stereocenters. The molecule has 1 amide bonds. The zero-order valence-electron chi connectivity index (χ0n) is 8.41. The van der Waals surface area contributed by atoms with Gasteiger partial charge >= 0.3 is 0 Å². The van der Waals surface area contributed by atoms with Gasteiger partial charge in [-0.1, -0.05) is 5.16 Å². The Morgan fingerprint density at radius 1 is 1.47 bits per heavy atom. The first-order valence-corrected chi connectivity index (χ1v) is 4.30. The largest absolute Gasteiger partial charge is 0.411 e. The van der Waals surface area contributed by atoms with E-state index < -0.39 is 5.82 Å². The van der Waals surface area contributed by atoms with Gasteiger partial charge in [0.2, 0.25) is 5.91 Å². The van der Waals surface area contributed by atoms with Crippen LogP contribution >= 0.6 is 0 Å². The number of hydrogen-bond donors (Lipinski definition) is 2. The van der Waals surface area contributed by atoms with Crippen LogP contribution in [-0.2, 0) is 4.79 Å². The number of nitrogens with one attached hydrogen (secondary N) is 1. The molecular weight excluding hydrogens is 199 g/mol. The maximum atomic E-state index is 13.2. The molecule has 0 bridgehead atoms. The molecule has 0 aliphatic carbocycles. The van der Waals surface area contributed by atoms with Gasteiger partial charge < -0.3 is 10.5 Å². The molecule has 0 unspecified atom stereocenters. The second-order valence-corrected chi connectivity index (χ2v) is 3.06. The minimum Gasteiger partial charge on any atom is -0.411 e. The molecule has 0 radical (unpaired) electrons. The standard InChI is InChI=1S/C10H11FN2O2/c1-6(13-15)8-3-4-9(11)10(5-8)12-7(2)14/h3-5,15H,1-2H3,(H,12,14)/b13-6-. The maximum Gasteiger partial charge on any atom is 0.221 e. The summed E-state index contributed by atoms with van der Waals surface area (Å²) in [5.74, 6) is -0.885. The first-order valence-electron chi connectivity index (χ1n) is 4.30. The lowest BCUT2D eigenvalue weighted by atomic mass is 10.1. The van der Waals surface area contributed by atoms with Crippen LogP contribution in [0.3, 0.4) is 0 Å². The van der Waals surface area contributed by atoms with E-state index in [1.807, 2.05) is 0 Å². The molecule has 0 fully saturated rings. The number of oxime groups is 1. The highest BCUT2D eigenvalue weighted by atomic mass is 19.1. The van der Waals surface area contributed by atoms with Crippen molar-refractivity contribution < 1.29 is 14.4 Å². The van der Waals surface area contributed by atoms with E-state index in [-0.39, 0.29) is 11.6 Å². The highest BCUT2D eigenvalue weighted by Crippen LogP contribution is 2.16. The summed E-state index contributed by atoms with van der Waals surface area (Å²) in [7, 11) is 0. The van der Waals surface area contributed by atoms with E-state index >= 15 is 0 Å². The number of halogens is 1. The van der Waals surface area contributed by atoms with Gasteiger partial charge in [-0.25, -0.2) is 4.39 Å². The second-order valence-electron chi connectivity index (χ2n) is 3.06. The zero-order chi connectivity index (χ0) is 11.4. The van der Waals surface area contributed by atoms with Crippen LogP contribution in [0.25, 0.3) is 0 Å². The smallest absolute Gasteiger partial charge is 0.221 e. The van der Waals surface area contributed by atoms with Crippen LogP contribution in [0.1, 0.15) is 19.4 Å². The average molecular weight is 210 g/mol. The monoisotopic (exact) mass is 210 g/mol. The van der Waals surface area contributed by atoms with Gasteiger partial charge in [0.1, 0.15) is 5.82 Å². The van der Waals surface area contributed by atoms with Crippen molar-refractivity contribution in [2.45, 2.75) is 13.8 Å². The Kier molecular flexibility index (Phi) is 3.38. The lowest BCUT2D eigenvalue weighted by Crippen LogP contribution is -2.08. The van der Waals surface area contributed by atoms with Crippen molar-refractivity contribution in [2.24, 2.45) is 5.16 Å². The molecule has 1 aromatic carbocycles. The molecule has 1 rings (SSSR count). The molecule has 5 heteroatoms. The summed E-state index contributed by atoms with van der Waals surface area (Å²) in [5, 5.41) is 13.9. The van der Waals surface area contributed by atoms with E-state index in [2.05, 4.69) is 10.5 Å². The number of benzene rings is 1. The summed E-state index contributed by atoms with van der Waals surface area (Å²) in [6, 6.07) is 4.08. The maximum absolute atomic E-state index is 13.2. The Morgan fingerprint density at radius 2 is 2.13 bits per heavy atom. The molecule has 0 aromatic heterocycles. The fourth-order valence-corrected chi connectivity index (χ4v) is 1.09. The molecule has 1 aromatic rings. The van der Waals surface area contributed by atoms with Gasteiger partial charge in [0.25, 0.3) is 0 Å². The molecule has 15 heavy (non-hydrogen) atoms. The van der Waals surface area contributed by atoms with Gasteiger partial charge in [0.15, 0.2) is 0 Å². The van der Waals surface area contributed by atoms with Crippen LogP contribution < -0.4 is 5.32 Å². The normalized spacial score (nSPS) is 11.3. The first kappa shape index (κ1) is 11.2. The highest BCUT2D eigenvalue weighted by Gasteiger charge is 2.06. The molecule has 80 valence electrons. The third kappa shape index (κ3) is 2.77. The second kappa shape index (κ2) is 4.54. The first-order chi connectivity index (χ1) is 7.04. The Hall–Kier alpha value is -1.91. The molecule has 0 saturated heterocycles. The van der Waals surface area contributed by atoms with Gasteiger partial charge in [-0.05, 0) is 25.1 Å². The van der Waals surface area contributed by atoms with Crippen molar-refractivity contribution in [2.75, 3.05) is 5.32 Å². The van der Waals surface area contributed by atoms with Crippen LogP contribution in [0.4, 0.5) is 10.1 Å². The lowest BCUT2D eigenvalue weighted by Gasteiger charge is -2.06. The molecule has 2 N–H and O–H groups in total. The van der Waals surface area contributed by atoms with E-state index in [0.717, 1.165) is 0 Å². The predicted octanol–water partition coefficient (Wildman–Crippen LogP) is 1.98. The zero-order valence-corrected chi connectivity index (χ0v) is 8.41. The summed E-state index contributed by atoms with van der Waals surface area (Å²) in [6.45, 7) is 2.86. The van der Waals surface area contributed by atoms with Crippen LogP contribution in [0, 0.1) is 5.82 Å². The molecule has 0 spiro atoms. The number of anilines is 1. The SMILES string of the molecule is CC(=O)Nc1cc(/C(C)=N\O)ccc1F. The van der Waals surface area contributed by atoms with Crippen LogP contribution in [0.15, 0.2) is 23.4 Å². The molecule has 0 aliphatic heterocycles. The molecular formula is C10H11FN2O2. The highest BCUT2D eigenvalue weighted by molar-refractivity contribution is 6.00. The Morgan fingerprint density at radius 3 is 2.67 bits per heavy atom. The van der Waals surface area contributed by atoms with Crippen molar-refractivity contribution in [1.82, 2.24) is 0 Å². The van der Waals surface area contributed by atoms with Crippen molar-refractivity contribution in [3.8, 4) is 0 Å². The lowest BCUT2D eigenvalue weighted by molar-refractivity contribution is -0.114. The number of hydrogen-bond acceptors (Lipinski definition) is 3. The van der Waals surface area contributed by atoms with Gasteiger partial charge in [0.05, 0.1) is 11.4 Å². The van der Waals surface area contributed by atoms with E-state index in [1.54, 1.807) is 6.92 Å². The molecule has 0 aliphatic rings. The van der Waals surface area contributed by atoms with Gasteiger partial charge in [-0.15, -0.1) is 0 Å². The summed E-state index contributed by atoms with van der Waals surface area (Å²) in [6.07, 6.45) is 0. The average Bonchev–Trinajstić information content (AvgIpc) is 2.19. The third-order valence-corrected chi connectivity index (χ3v) is 1.84. The molecule has 4 nitrogen and oxygen atoms in total. The minimum atomic E-state index is -0.528. The molecule has 0 heterocycles. The quantitative estimate of drug-likeness (QED) is 0.445. The number of amides is 1. The van der Waals surface area contributed by atoms with E-state index in [0.29, 0.717) is 11.3 Å². The third-order valence-electron chi connectivity index (χ3n) is 1.84. The Labute approximate surface area is 86.4 Å². The van der Waals surface area contributed by atoms with Crippen molar-refractivity contribution in [1.29, 1.82) is 0 Å². The van der Waals surface area contributed by atoms with Gasteiger partial charge in [0, 0.05) is 12.5 Å². The summed E-state index contributed by atoms with van der Waals surface area (Å²) in [4.78, 5) is 10.8. The Balaban J connectivity index is 3.10. The number of carbonyl (C=O) groups is 1. The van der Waals surface area contributed by atoms with Crippen LogP contribution in [0.2, 0.25) is 0 Å². The number of nitrogens with zero attached hydrogens (tertiary/aromatic N) is 1. The van der Waals surface area contributed by atoms with E-state index in [1.165, 1.54) is 25.1 Å². The fraction of sp³-hybridized carbons (Fsp3) is 0.200. The summed E-state index contributed by atoms with van der Waals surface area (Å²) < 4.78 is 13.2. The Bertz CT molecular complexity index is 416. The summed E-state index contributed by atoms with van der Waals surface area (Å²) >= 11 is 0. The summed E-state index contributed by atoms with van der Waals surface area (Å²) in [5.41, 5.74) is 0.965. The minimum absolute atomic E-state index is 0.0722. The number of rotatable bonds is 2. The van der Waals surface area contributed by atoms with E-state index in [9.17, 15) is 9.18 Å². The number of carbonyl (C=O) groups excluding carboxylic acids is 1. The fourth-order valence-electron chi connectivity index (χ4n) is 1.09.